The zero-order valence-electron chi connectivity index (χ0n) is 8.91. The number of rotatable bonds is 7. The van der Waals surface area contributed by atoms with Gasteiger partial charge in [0.2, 0.25) is 0 Å². The quantitative estimate of drug-likeness (QED) is 0.679. The predicted octanol–water partition coefficient (Wildman–Crippen LogP) is 0.570. The highest BCUT2D eigenvalue weighted by Crippen LogP contribution is 2.07. The van der Waals surface area contributed by atoms with Crippen LogP contribution in [0.1, 0.15) is 25.7 Å². The fourth-order valence-electron chi connectivity index (χ4n) is 1.80. The van der Waals surface area contributed by atoms with Crippen molar-refractivity contribution in [2.75, 3.05) is 37.7 Å². The molecule has 0 radical (unpaired) electrons. The molecule has 1 unspecified atom stereocenters. The third kappa shape index (κ3) is 5.08. The second-order valence-electron chi connectivity index (χ2n) is 3.89. The molecule has 0 aromatic heterocycles. The van der Waals surface area contributed by atoms with E-state index in [1.807, 2.05) is 0 Å². The van der Waals surface area contributed by atoms with Gasteiger partial charge in [-0.05, 0) is 51.9 Å². The highest BCUT2D eigenvalue weighted by atomic mass is 32.2. The summed E-state index contributed by atoms with van der Waals surface area (Å²) in [4.78, 5) is 2.47. The van der Waals surface area contributed by atoms with Crippen molar-refractivity contribution in [2.24, 2.45) is 5.73 Å². The van der Waals surface area contributed by atoms with Crippen molar-refractivity contribution >= 4 is 10.8 Å². The molecule has 1 heterocycles. The van der Waals surface area contributed by atoms with Crippen LogP contribution in [-0.4, -0.2) is 46.8 Å². The molecule has 1 fully saturated rings. The Kier molecular flexibility index (Phi) is 6.39. The SMILES string of the molecule is NCCCS(=O)CCCN1CCCC1. The molecule has 1 atom stereocenters. The van der Waals surface area contributed by atoms with E-state index in [4.69, 9.17) is 5.73 Å². The molecule has 1 aliphatic rings. The summed E-state index contributed by atoms with van der Waals surface area (Å²) in [6.45, 7) is 4.29. The summed E-state index contributed by atoms with van der Waals surface area (Å²) in [5.74, 6) is 1.65. The molecule has 0 aliphatic carbocycles. The van der Waals surface area contributed by atoms with E-state index >= 15 is 0 Å². The molecule has 1 saturated heterocycles. The topological polar surface area (TPSA) is 46.3 Å². The molecule has 4 heteroatoms. The zero-order valence-corrected chi connectivity index (χ0v) is 9.73. The Labute approximate surface area is 89.5 Å². The maximum Gasteiger partial charge on any atom is 0.0247 e. The minimum absolute atomic E-state index is 0.627. The van der Waals surface area contributed by atoms with Crippen LogP contribution in [0.5, 0.6) is 0 Å². The Balaban J connectivity index is 1.94. The standard InChI is InChI=1S/C10H22N2OS/c11-5-3-9-14(13)10-4-8-12-6-1-2-7-12/h1-11H2. The molecule has 0 aromatic rings. The summed E-state index contributed by atoms with van der Waals surface area (Å²) < 4.78 is 11.4. The first-order valence-corrected chi connectivity index (χ1v) is 7.09. The van der Waals surface area contributed by atoms with Crippen LogP contribution in [0.3, 0.4) is 0 Å². The highest BCUT2D eigenvalue weighted by Gasteiger charge is 2.10. The van der Waals surface area contributed by atoms with Crippen molar-refractivity contribution in [3.63, 3.8) is 0 Å². The fourth-order valence-corrected chi connectivity index (χ4v) is 2.95. The summed E-state index contributed by atoms with van der Waals surface area (Å²) in [6.07, 6.45) is 4.67. The molecule has 0 amide bonds. The Hall–Kier alpha value is 0.0700. The predicted molar refractivity (Wildman–Crippen MR) is 61.8 cm³/mol. The number of likely N-dealkylation sites (tertiary alicyclic amines) is 1. The molecule has 1 rings (SSSR count). The smallest absolute Gasteiger partial charge is 0.0247 e. The Morgan fingerprint density at radius 2 is 1.79 bits per heavy atom. The third-order valence-corrected chi connectivity index (χ3v) is 4.11. The molecule has 84 valence electrons. The van der Waals surface area contributed by atoms with Crippen LogP contribution in [-0.2, 0) is 10.8 Å². The zero-order chi connectivity index (χ0) is 10.2. The first-order valence-electron chi connectivity index (χ1n) is 5.60. The summed E-state index contributed by atoms with van der Waals surface area (Å²) >= 11 is 0. The highest BCUT2D eigenvalue weighted by molar-refractivity contribution is 7.84. The molecule has 1 aliphatic heterocycles. The van der Waals surface area contributed by atoms with Crippen LogP contribution in [0.4, 0.5) is 0 Å². The second kappa shape index (κ2) is 7.37. The van der Waals surface area contributed by atoms with Gasteiger partial charge in [0, 0.05) is 22.3 Å². The number of hydrogen-bond donors (Lipinski definition) is 1. The molecule has 0 aromatic carbocycles. The van der Waals surface area contributed by atoms with Gasteiger partial charge in [0.05, 0.1) is 0 Å². The average molecular weight is 218 g/mol. The lowest BCUT2D eigenvalue weighted by Crippen LogP contribution is -2.22. The Bertz CT molecular complexity index is 170. The maximum absolute atomic E-state index is 11.4. The van der Waals surface area contributed by atoms with Gasteiger partial charge in [-0.1, -0.05) is 0 Å². The van der Waals surface area contributed by atoms with Gasteiger partial charge in [0.1, 0.15) is 0 Å². The van der Waals surface area contributed by atoms with Crippen LogP contribution in [0, 0.1) is 0 Å². The van der Waals surface area contributed by atoms with Crippen molar-refractivity contribution < 1.29 is 4.21 Å². The largest absolute Gasteiger partial charge is 0.330 e. The summed E-state index contributed by atoms with van der Waals surface area (Å²) in [7, 11) is -0.627. The third-order valence-electron chi connectivity index (χ3n) is 2.62. The first kappa shape index (κ1) is 12.1. The van der Waals surface area contributed by atoms with Gasteiger partial charge in [-0.2, -0.15) is 0 Å². The number of hydrogen-bond acceptors (Lipinski definition) is 3. The summed E-state index contributed by atoms with van der Waals surface area (Å²) in [5.41, 5.74) is 5.36. The van der Waals surface area contributed by atoms with E-state index in [9.17, 15) is 4.21 Å². The molecule has 3 nitrogen and oxygen atoms in total. The fraction of sp³-hybridized carbons (Fsp3) is 1.00. The lowest BCUT2D eigenvalue weighted by molar-refractivity contribution is 0.340. The van der Waals surface area contributed by atoms with E-state index < -0.39 is 10.8 Å². The molecule has 14 heavy (non-hydrogen) atoms. The summed E-state index contributed by atoms with van der Waals surface area (Å²) in [5, 5.41) is 0. The molecular weight excluding hydrogens is 196 g/mol. The van der Waals surface area contributed by atoms with Gasteiger partial charge in [-0.15, -0.1) is 0 Å². The van der Waals surface area contributed by atoms with Crippen LogP contribution >= 0.6 is 0 Å². The van der Waals surface area contributed by atoms with Gasteiger partial charge in [0.15, 0.2) is 0 Å². The van der Waals surface area contributed by atoms with Crippen molar-refractivity contribution in [1.29, 1.82) is 0 Å². The van der Waals surface area contributed by atoms with Crippen LogP contribution in [0.15, 0.2) is 0 Å². The number of nitrogens with zero attached hydrogens (tertiary/aromatic N) is 1. The Morgan fingerprint density at radius 3 is 2.43 bits per heavy atom. The monoisotopic (exact) mass is 218 g/mol. The molecular formula is C10H22N2OS. The molecule has 0 bridgehead atoms. The lowest BCUT2D eigenvalue weighted by Gasteiger charge is -2.13. The van der Waals surface area contributed by atoms with Crippen LogP contribution in [0.25, 0.3) is 0 Å². The van der Waals surface area contributed by atoms with Crippen molar-refractivity contribution in [3.8, 4) is 0 Å². The number of nitrogens with two attached hydrogens (primary N) is 1. The molecule has 2 N–H and O–H groups in total. The van der Waals surface area contributed by atoms with Crippen molar-refractivity contribution in [2.45, 2.75) is 25.7 Å². The van der Waals surface area contributed by atoms with E-state index in [1.54, 1.807) is 0 Å². The van der Waals surface area contributed by atoms with Gasteiger partial charge in [-0.25, -0.2) is 0 Å². The van der Waals surface area contributed by atoms with E-state index in [-0.39, 0.29) is 0 Å². The normalized spacial score (nSPS) is 20.1. The van der Waals surface area contributed by atoms with Crippen LogP contribution < -0.4 is 5.73 Å². The minimum atomic E-state index is -0.627. The van der Waals surface area contributed by atoms with E-state index in [1.165, 1.54) is 25.9 Å². The summed E-state index contributed by atoms with van der Waals surface area (Å²) in [6, 6.07) is 0. The van der Waals surface area contributed by atoms with E-state index in [0.717, 1.165) is 30.9 Å². The van der Waals surface area contributed by atoms with Gasteiger partial charge in [0.25, 0.3) is 0 Å². The van der Waals surface area contributed by atoms with Gasteiger partial charge in [-0.3, -0.25) is 4.21 Å². The van der Waals surface area contributed by atoms with Crippen LogP contribution in [0.2, 0.25) is 0 Å². The Morgan fingerprint density at radius 1 is 1.14 bits per heavy atom. The van der Waals surface area contributed by atoms with Gasteiger partial charge >= 0.3 is 0 Å². The molecule has 0 saturated carbocycles. The second-order valence-corrected chi connectivity index (χ2v) is 5.59. The molecule has 0 spiro atoms. The van der Waals surface area contributed by atoms with E-state index in [0.29, 0.717) is 6.54 Å². The van der Waals surface area contributed by atoms with E-state index in [2.05, 4.69) is 4.90 Å². The average Bonchev–Trinajstić information content (AvgIpc) is 2.67. The first-order chi connectivity index (χ1) is 6.83. The minimum Gasteiger partial charge on any atom is -0.330 e. The van der Waals surface area contributed by atoms with Crippen molar-refractivity contribution in [3.05, 3.63) is 0 Å². The van der Waals surface area contributed by atoms with Gasteiger partial charge < -0.3 is 10.6 Å². The maximum atomic E-state index is 11.4. The van der Waals surface area contributed by atoms with Crippen molar-refractivity contribution in [1.82, 2.24) is 4.90 Å². The lowest BCUT2D eigenvalue weighted by atomic mass is 10.4.